The summed E-state index contributed by atoms with van der Waals surface area (Å²) in [4.78, 5) is 14.6. The first-order chi connectivity index (χ1) is 11.1. The van der Waals surface area contributed by atoms with Gasteiger partial charge in [0.05, 0.1) is 12.1 Å². The van der Waals surface area contributed by atoms with Gasteiger partial charge in [0.1, 0.15) is 0 Å². The van der Waals surface area contributed by atoms with Crippen LogP contribution in [0.1, 0.15) is 41.3 Å². The first-order valence-electron chi connectivity index (χ1n) is 8.38. The van der Waals surface area contributed by atoms with Gasteiger partial charge in [0, 0.05) is 31.4 Å². The zero-order valence-corrected chi connectivity index (χ0v) is 14.2. The van der Waals surface area contributed by atoms with Gasteiger partial charge < -0.3 is 4.90 Å². The van der Waals surface area contributed by atoms with E-state index in [-0.39, 0.29) is 5.91 Å². The van der Waals surface area contributed by atoms with E-state index in [1.54, 1.807) is 0 Å². The molecule has 0 saturated carbocycles. The second kappa shape index (κ2) is 6.57. The van der Waals surface area contributed by atoms with Gasteiger partial charge in [0.25, 0.3) is 0 Å². The summed E-state index contributed by atoms with van der Waals surface area (Å²) in [7, 11) is 1.93. The van der Waals surface area contributed by atoms with Crippen LogP contribution in [0.15, 0.2) is 30.3 Å². The lowest BCUT2D eigenvalue weighted by Gasteiger charge is -2.32. The summed E-state index contributed by atoms with van der Waals surface area (Å²) in [5.41, 5.74) is 4.55. The highest BCUT2D eigenvalue weighted by atomic mass is 16.2. The summed E-state index contributed by atoms with van der Waals surface area (Å²) in [6.45, 7) is 5.73. The summed E-state index contributed by atoms with van der Waals surface area (Å²) in [5, 5.41) is 4.41. The minimum absolute atomic E-state index is 0.232. The molecule has 1 aromatic carbocycles. The molecule has 122 valence electrons. The van der Waals surface area contributed by atoms with Crippen molar-refractivity contribution in [3.8, 4) is 0 Å². The Morgan fingerprint density at radius 1 is 1.17 bits per heavy atom. The molecule has 4 nitrogen and oxygen atoms in total. The monoisotopic (exact) mass is 311 g/mol. The van der Waals surface area contributed by atoms with Gasteiger partial charge in [-0.15, -0.1) is 0 Å². The normalized spacial score (nSPS) is 15.9. The lowest BCUT2D eigenvalue weighted by molar-refractivity contribution is -0.131. The number of carbonyl (C=O) groups is 1. The largest absolute Gasteiger partial charge is 0.342 e. The topological polar surface area (TPSA) is 38.1 Å². The summed E-state index contributed by atoms with van der Waals surface area (Å²) in [5.74, 6) is 0.817. The third-order valence-corrected chi connectivity index (χ3v) is 5.11. The molecule has 1 aliphatic heterocycles. The minimum Gasteiger partial charge on any atom is -0.342 e. The molecule has 23 heavy (non-hydrogen) atoms. The van der Waals surface area contributed by atoms with E-state index in [0.29, 0.717) is 12.3 Å². The van der Waals surface area contributed by atoms with Crippen LogP contribution in [0.2, 0.25) is 0 Å². The average Bonchev–Trinajstić information content (AvgIpc) is 2.82. The molecule has 1 fully saturated rings. The van der Waals surface area contributed by atoms with Gasteiger partial charge in [-0.3, -0.25) is 9.48 Å². The maximum atomic E-state index is 12.6. The number of aromatic nitrogens is 2. The fraction of sp³-hybridized carbons (Fsp3) is 0.474. The van der Waals surface area contributed by atoms with Crippen LogP contribution >= 0.6 is 0 Å². The lowest BCUT2D eigenvalue weighted by Crippen LogP contribution is -2.38. The van der Waals surface area contributed by atoms with Crippen molar-refractivity contribution < 1.29 is 4.79 Å². The molecule has 4 heteroatoms. The number of nitrogens with zero attached hydrogens (tertiary/aromatic N) is 3. The van der Waals surface area contributed by atoms with E-state index < -0.39 is 0 Å². The van der Waals surface area contributed by atoms with Crippen LogP contribution in [-0.2, 0) is 18.3 Å². The zero-order valence-electron chi connectivity index (χ0n) is 14.2. The molecule has 0 spiro atoms. The molecule has 2 heterocycles. The van der Waals surface area contributed by atoms with Gasteiger partial charge in [-0.1, -0.05) is 30.3 Å². The van der Waals surface area contributed by atoms with E-state index in [1.807, 2.05) is 30.5 Å². The second-order valence-corrected chi connectivity index (χ2v) is 6.52. The van der Waals surface area contributed by atoms with Gasteiger partial charge in [-0.25, -0.2) is 0 Å². The van der Waals surface area contributed by atoms with Crippen molar-refractivity contribution in [1.29, 1.82) is 0 Å². The van der Waals surface area contributed by atoms with Crippen LogP contribution in [0.5, 0.6) is 0 Å². The van der Waals surface area contributed by atoms with Gasteiger partial charge in [-0.2, -0.15) is 5.10 Å². The number of benzene rings is 1. The van der Waals surface area contributed by atoms with Crippen molar-refractivity contribution in [2.24, 2.45) is 7.05 Å². The Balaban J connectivity index is 1.60. The molecule has 0 unspecified atom stereocenters. The zero-order chi connectivity index (χ0) is 16.4. The molecular weight excluding hydrogens is 286 g/mol. The molecule has 1 saturated heterocycles. The van der Waals surface area contributed by atoms with Gasteiger partial charge in [-0.05, 0) is 38.2 Å². The van der Waals surface area contributed by atoms with Crippen molar-refractivity contribution in [2.45, 2.75) is 39.0 Å². The molecule has 0 atom stereocenters. The Morgan fingerprint density at radius 2 is 1.83 bits per heavy atom. The van der Waals surface area contributed by atoms with Crippen molar-refractivity contribution >= 4 is 5.91 Å². The van der Waals surface area contributed by atoms with E-state index in [0.717, 1.165) is 42.9 Å². The first-order valence-corrected chi connectivity index (χ1v) is 8.38. The molecule has 0 N–H and O–H groups in total. The van der Waals surface area contributed by atoms with Gasteiger partial charge >= 0.3 is 0 Å². The van der Waals surface area contributed by atoms with E-state index in [4.69, 9.17) is 0 Å². The highest BCUT2D eigenvalue weighted by molar-refractivity contribution is 5.79. The SMILES string of the molecule is Cc1nn(C)c(C)c1CC(=O)N1CCC(c2ccccc2)CC1. The lowest BCUT2D eigenvalue weighted by atomic mass is 9.89. The van der Waals surface area contributed by atoms with E-state index in [9.17, 15) is 4.79 Å². The summed E-state index contributed by atoms with van der Waals surface area (Å²) in [6, 6.07) is 10.7. The van der Waals surface area contributed by atoms with Crippen LogP contribution in [0.4, 0.5) is 0 Å². The maximum absolute atomic E-state index is 12.6. The Labute approximate surface area is 138 Å². The Hall–Kier alpha value is -2.10. The standard InChI is InChI=1S/C19H25N3O/c1-14-18(15(2)21(3)20-14)13-19(23)22-11-9-17(10-12-22)16-7-5-4-6-8-16/h4-8,17H,9-13H2,1-3H3. The third-order valence-electron chi connectivity index (χ3n) is 5.11. The molecular formula is C19H25N3O. The number of amides is 1. The molecule has 0 aliphatic carbocycles. The van der Waals surface area contributed by atoms with Crippen molar-refractivity contribution in [3.63, 3.8) is 0 Å². The number of carbonyl (C=O) groups excluding carboxylic acids is 1. The van der Waals surface area contributed by atoms with Crippen LogP contribution in [0.25, 0.3) is 0 Å². The van der Waals surface area contributed by atoms with E-state index >= 15 is 0 Å². The van der Waals surface area contributed by atoms with Crippen LogP contribution in [-0.4, -0.2) is 33.7 Å². The molecule has 1 aromatic heterocycles. The fourth-order valence-corrected chi connectivity index (χ4v) is 3.52. The predicted octanol–water partition coefficient (Wildman–Crippen LogP) is 2.99. The molecule has 1 amide bonds. The summed E-state index contributed by atoms with van der Waals surface area (Å²) < 4.78 is 1.86. The van der Waals surface area contributed by atoms with Crippen LogP contribution < -0.4 is 0 Å². The van der Waals surface area contributed by atoms with Crippen molar-refractivity contribution in [2.75, 3.05) is 13.1 Å². The first kappa shape index (κ1) is 15.8. The van der Waals surface area contributed by atoms with E-state index in [2.05, 4.69) is 35.4 Å². The maximum Gasteiger partial charge on any atom is 0.227 e. The highest BCUT2D eigenvalue weighted by Crippen LogP contribution is 2.28. The highest BCUT2D eigenvalue weighted by Gasteiger charge is 2.25. The molecule has 3 rings (SSSR count). The summed E-state index contributed by atoms with van der Waals surface area (Å²) >= 11 is 0. The second-order valence-electron chi connectivity index (χ2n) is 6.52. The molecule has 1 aliphatic rings. The number of rotatable bonds is 3. The van der Waals surface area contributed by atoms with Crippen LogP contribution in [0.3, 0.4) is 0 Å². The Morgan fingerprint density at radius 3 is 2.39 bits per heavy atom. The minimum atomic E-state index is 0.232. The number of piperidine rings is 1. The number of hydrogen-bond donors (Lipinski definition) is 0. The quantitative estimate of drug-likeness (QED) is 0.874. The number of hydrogen-bond acceptors (Lipinski definition) is 2. The molecule has 2 aromatic rings. The van der Waals surface area contributed by atoms with E-state index in [1.165, 1.54) is 5.56 Å². The Bertz CT molecular complexity index is 682. The number of aryl methyl sites for hydroxylation is 2. The third kappa shape index (κ3) is 3.31. The smallest absolute Gasteiger partial charge is 0.227 e. The van der Waals surface area contributed by atoms with Crippen molar-refractivity contribution in [1.82, 2.24) is 14.7 Å². The summed E-state index contributed by atoms with van der Waals surface area (Å²) in [6.07, 6.45) is 2.59. The fourth-order valence-electron chi connectivity index (χ4n) is 3.52. The average molecular weight is 311 g/mol. The van der Waals surface area contributed by atoms with Crippen molar-refractivity contribution in [3.05, 3.63) is 52.8 Å². The Kier molecular flexibility index (Phi) is 4.51. The van der Waals surface area contributed by atoms with Gasteiger partial charge in [0.15, 0.2) is 0 Å². The molecule has 0 radical (unpaired) electrons. The van der Waals surface area contributed by atoms with Gasteiger partial charge in [0.2, 0.25) is 5.91 Å². The number of likely N-dealkylation sites (tertiary alicyclic amines) is 1. The predicted molar refractivity (Wildman–Crippen MR) is 91.4 cm³/mol. The molecule has 0 bridgehead atoms. The van der Waals surface area contributed by atoms with Crippen LogP contribution in [0, 0.1) is 13.8 Å².